The second-order valence-electron chi connectivity index (χ2n) is 8.57. The predicted octanol–water partition coefficient (Wildman–Crippen LogP) is 2.25. The van der Waals surface area contributed by atoms with Crippen LogP contribution in [0.4, 0.5) is 11.5 Å². The summed E-state index contributed by atoms with van der Waals surface area (Å²) in [7, 11) is 0. The van der Waals surface area contributed by atoms with E-state index in [4.69, 9.17) is 0 Å². The first kappa shape index (κ1) is 19.1. The van der Waals surface area contributed by atoms with E-state index >= 15 is 0 Å². The average molecular weight is 406 g/mol. The van der Waals surface area contributed by atoms with Gasteiger partial charge < -0.3 is 15.5 Å². The fourth-order valence-electron chi connectivity index (χ4n) is 4.27. The number of likely N-dealkylation sites (tertiary alicyclic amines) is 1. The Kier molecular flexibility index (Phi) is 5.12. The number of pyridine rings is 1. The maximum Gasteiger partial charge on any atom is 0.253 e. The molecule has 1 saturated carbocycles. The first-order chi connectivity index (χ1) is 14.7. The third-order valence-electron chi connectivity index (χ3n) is 6.12. The van der Waals surface area contributed by atoms with Gasteiger partial charge in [0, 0.05) is 38.4 Å². The summed E-state index contributed by atoms with van der Waals surface area (Å²) in [5.41, 5.74) is 2.52. The Morgan fingerprint density at radius 2 is 2.03 bits per heavy atom. The van der Waals surface area contributed by atoms with Crippen molar-refractivity contribution < 1.29 is 9.59 Å². The van der Waals surface area contributed by atoms with E-state index in [1.54, 1.807) is 17.2 Å². The topological polar surface area (TPSA) is 77.6 Å². The number of anilines is 2. The Labute approximate surface area is 176 Å². The SMILES string of the molecule is O=C(N[C@H]1CCN(Cc2ccccc2)C1)c1cnc2c(c1)N(CC1CC1)C(=O)CN2. The fraction of sp³-hybridized carbons (Fsp3) is 0.435. The van der Waals surface area contributed by atoms with Crippen molar-refractivity contribution >= 4 is 23.3 Å². The molecule has 1 aromatic heterocycles. The zero-order valence-electron chi connectivity index (χ0n) is 17.0. The molecule has 3 heterocycles. The molecule has 2 fully saturated rings. The van der Waals surface area contributed by atoms with Gasteiger partial charge in [-0.15, -0.1) is 0 Å². The number of carbonyl (C=O) groups excluding carboxylic acids is 2. The van der Waals surface area contributed by atoms with Crippen LogP contribution in [0.25, 0.3) is 0 Å². The normalized spacial score (nSPS) is 21.3. The second-order valence-corrected chi connectivity index (χ2v) is 8.57. The molecule has 0 unspecified atom stereocenters. The van der Waals surface area contributed by atoms with Crippen molar-refractivity contribution in [3.05, 3.63) is 53.7 Å². The molecule has 7 heteroatoms. The fourth-order valence-corrected chi connectivity index (χ4v) is 4.27. The van der Waals surface area contributed by atoms with Crippen LogP contribution in [0.3, 0.4) is 0 Å². The van der Waals surface area contributed by atoms with Crippen LogP contribution >= 0.6 is 0 Å². The lowest BCUT2D eigenvalue weighted by Crippen LogP contribution is -2.42. The van der Waals surface area contributed by atoms with Crippen molar-refractivity contribution in [3.8, 4) is 0 Å². The highest BCUT2D eigenvalue weighted by atomic mass is 16.2. The summed E-state index contributed by atoms with van der Waals surface area (Å²) in [5, 5.41) is 6.22. The minimum atomic E-state index is -0.124. The van der Waals surface area contributed by atoms with Crippen LogP contribution in [0.1, 0.15) is 35.2 Å². The first-order valence-electron chi connectivity index (χ1n) is 10.8. The molecular formula is C23H27N5O2. The third kappa shape index (κ3) is 4.16. The zero-order valence-corrected chi connectivity index (χ0v) is 17.0. The number of benzene rings is 1. The van der Waals surface area contributed by atoms with E-state index in [1.165, 1.54) is 18.4 Å². The summed E-state index contributed by atoms with van der Waals surface area (Å²) in [5.74, 6) is 1.18. The standard InChI is InChI=1S/C23H27N5O2/c29-21-12-25-22-20(28(21)14-17-6-7-17)10-18(11-24-22)23(30)26-19-8-9-27(15-19)13-16-4-2-1-3-5-16/h1-5,10-11,17,19H,6-9,12-15H2,(H,24,25)(H,26,30)/t19-/m0/s1. The zero-order chi connectivity index (χ0) is 20.5. The summed E-state index contributed by atoms with van der Waals surface area (Å²) in [4.78, 5) is 33.9. The number of carbonyl (C=O) groups is 2. The number of hydrogen-bond donors (Lipinski definition) is 2. The van der Waals surface area contributed by atoms with E-state index in [0.29, 0.717) is 17.3 Å². The van der Waals surface area contributed by atoms with Crippen LogP contribution < -0.4 is 15.5 Å². The molecule has 2 aromatic rings. The van der Waals surface area contributed by atoms with Crippen LogP contribution in [-0.4, -0.2) is 53.9 Å². The lowest BCUT2D eigenvalue weighted by Gasteiger charge is -2.29. The number of aromatic nitrogens is 1. The van der Waals surface area contributed by atoms with Gasteiger partial charge in [-0.05, 0) is 36.8 Å². The molecule has 30 heavy (non-hydrogen) atoms. The van der Waals surface area contributed by atoms with Crippen molar-refractivity contribution in [2.75, 3.05) is 36.4 Å². The molecule has 1 aromatic carbocycles. The quantitative estimate of drug-likeness (QED) is 0.771. The van der Waals surface area contributed by atoms with Crippen LogP contribution in [0.2, 0.25) is 0 Å². The van der Waals surface area contributed by atoms with Gasteiger partial charge in [-0.3, -0.25) is 14.5 Å². The molecule has 0 radical (unpaired) electrons. The molecule has 5 rings (SSSR count). The molecule has 1 saturated heterocycles. The summed E-state index contributed by atoms with van der Waals surface area (Å²) in [6.45, 7) is 3.69. The monoisotopic (exact) mass is 405 g/mol. The highest BCUT2D eigenvalue weighted by Gasteiger charge is 2.32. The predicted molar refractivity (Wildman–Crippen MR) is 115 cm³/mol. The highest BCUT2D eigenvalue weighted by Crippen LogP contribution is 2.35. The van der Waals surface area contributed by atoms with Crippen molar-refractivity contribution in [3.63, 3.8) is 0 Å². The summed E-state index contributed by atoms with van der Waals surface area (Å²) in [6, 6.07) is 12.3. The van der Waals surface area contributed by atoms with Crippen molar-refractivity contribution in [1.82, 2.24) is 15.2 Å². The van der Waals surface area contributed by atoms with E-state index in [1.807, 2.05) is 6.07 Å². The number of nitrogens with zero attached hydrogens (tertiary/aromatic N) is 3. The minimum absolute atomic E-state index is 0.0427. The van der Waals surface area contributed by atoms with Gasteiger partial charge in [0.25, 0.3) is 5.91 Å². The van der Waals surface area contributed by atoms with Crippen molar-refractivity contribution in [2.24, 2.45) is 5.92 Å². The van der Waals surface area contributed by atoms with Crippen LogP contribution in [0, 0.1) is 5.92 Å². The van der Waals surface area contributed by atoms with Gasteiger partial charge in [-0.25, -0.2) is 4.98 Å². The molecule has 2 N–H and O–H groups in total. The second kappa shape index (κ2) is 8.07. The number of rotatable bonds is 6. The van der Waals surface area contributed by atoms with Crippen molar-refractivity contribution in [1.29, 1.82) is 0 Å². The molecule has 1 aliphatic carbocycles. The number of hydrogen-bond acceptors (Lipinski definition) is 5. The number of amides is 2. The van der Waals surface area contributed by atoms with Gasteiger partial charge >= 0.3 is 0 Å². The molecule has 7 nitrogen and oxygen atoms in total. The third-order valence-corrected chi connectivity index (χ3v) is 6.12. The average Bonchev–Trinajstić information content (AvgIpc) is 3.48. The van der Waals surface area contributed by atoms with Gasteiger partial charge in [0.15, 0.2) is 0 Å². The molecular weight excluding hydrogens is 378 g/mol. The van der Waals surface area contributed by atoms with E-state index < -0.39 is 0 Å². The Morgan fingerprint density at radius 3 is 2.83 bits per heavy atom. The van der Waals surface area contributed by atoms with Gasteiger partial charge in [0.2, 0.25) is 5.91 Å². The molecule has 1 atom stereocenters. The highest BCUT2D eigenvalue weighted by molar-refractivity contribution is 6.04. The molecule has 156 valence electrons. The largest absolute Gasteiger partial charge is 0.359 e. The first-order valence-corrected chi connectivity index (χ1v) is 10.8. The van der Waals surface area contributed by atoms with E-state index in [9.17, 15) is 9.59 Å². The van der Waals surface area contributed by atoms with Gasteiger partial charge in [0.05, 0.1) is 17.8 Å². The van der Waals surface area contributed by atoms with Crippen molar-refractivity contribution in [2.45, 2.75) is 31.8 Å². The van der Waals surface area contributed by atoms with Gasteiger partial charge in [0.1, 0.15) is 5.82 Å². The van der Waals surface area contributed by atoms with E-state index in [0.717, 1.165) is 38.3 Å². The van der Waals surface area contributed by atoms with E-state index in [2.05, 4.69) is 44.8 Å². The Bertz CT molecular complexity index is 944. The van der Waals surface area contributed by atoms with Gasteiger partial charge in [-0.1, -0.05) is 30.3 Å². The Morgan fingerprint density at radius 1 is 1.20 bits per heavy atom. The van der Waals surface area contributed by atoms with Gasteiger partial charge in [-0.2, -0.15) is 0 Å². The maximum atomic E-state index is 12.9. The summed E-state index contributed by atoms with van der Waals surface area (Å²) >= 11 is 0. The Hall–Kier alpha value is -2.93. The molecule has 2 amide bonds. The van der Waals surface area contributed by atoms with Crippen LogP contribution in [-0.2, 0) is 11.3 Å². The number of nitrogens with one attached hydrogen (secondary N) is 2. The maximum absolute atomic E-state index is 12.9. The minimum Gasteiger partial charge on any atom is -0.359 e. The van der Waals surface area contributed by atoms with E-state index in [-0.39, 0.29) is 24.4 Å². The molecule has 0 bridgehead atoms. The molecule has 0 spiro atoms. The molecule has 3 aliphatic rings. The van der Waals surface area contributed by atoms with Crippen LogP contribution in [0.5, 0.6) is 0 Å². The lowest BCUT2D eigenvalue weighted by atomic mass is 10.1. The number of fused-ring (bicyclic) bond motifs is 1. The van der Waals surface area contributed by atoms with Crippen LogP contribution in [0.15, 0.2) is 42.6 Å². The summed E-state index contributed by atoms with van der Waals surface area (Å²) in [6.07, 6.45) is 4.87. The smallest absolute Gasteiger partial charge is 0.253 e. The lowest BCUT2D eigenvalue weighted by molar-refractivity contribution is -0.117. The molecule has 2 aliphatic heterocycles. The Balaban J connectivity index is 1.23. The summed E-state index contributed by atoms with van der Waals surface area (Å²) < 4.78 is 0.